The van der Waals surface area contributed by atoms with Crippen LogP contribution in [-0.4, -0.2) is 77.8 Å². The van der Waals surface area contributed by atoms with Crippen molar-refractivity contribution < 1.29 is 77.8 Å². The maximum absolute atomic E-state index is 12.5. The average molecular weight is 1080 g/mol. The minimum Gasteiger partial charge on any atom is -0.282 e. The van der Waals surface area contributed by atoms with Crippen LogP contribution in [-0.2, 0) is 60.7 Å². The number of hydrogen-bond donors (Lipinski definition) is 6. The van der Waals surface area contributed by atoms with Crippen LogP contribution in [0.4, 0.5) is 45.5 Å². The Labute approximate surface area is 396 Å². The second-order valence-corrected chi connectivity index (χ2v) is 22.1. The van der Waals surface area contributed by atoms with Crippen LogP contribution in [0.15, 0.2) is 192 Å². The molecule has 0 unspecified atom stereocenters. The van der Waals surface area contributed by atoms with E-state index in [4.69, 9.17) is 9.11 Å². The summed E-state index contributed by atoms with van der Waals surface area (Å²) in [6.07, 6.45) is 2.04. The van der Waals surface area contributed by atoms with E-state index in [0.29, 0.717) is 0 Å². The molecule has 0 atom stereocenters. The van der Waals surface area contributed by atoms with Crippen molar-refractivity contribution >= 4 is 118 Å². The first-order valence-corrected chi connectivity index (χ1v) is 27.1. The second-order valence-electron chi connectivity index (χ2n) is 13.7. The lowest BCUT2D eigenvalue weighted by Gasteiger charge is -2.07. The zero-order chi connectivity index (χ0) is 51.5. The zero-order valence-electron chi connectivity index (χ0n) is 34.3. The molecule has 0 aliphatic carbocycles. The minimum atomic E-state index is -5.08. The molecule has 6 rings (SSSR count). The van der Waals surface area contributed by atoms with Gasteiger partial charge in [-0.2, -0.15) is 81.2 Å². The van der Waals surface area contributed by atoms with Crippen molar-refractivity contribution in [1.82, 2.24) is 0 Å². The van der Waals surface area contributed by atoms with E-state index >= 15 is 0 Å². The third-order valence-corrected chi connectivity index (χ3v) is 14.1. The molecule has 26 nitrogen and oxygen atoms in total. The summed E-state index contributed by atoms with van der Waals surface area (Å²) in [6.45, 7) is 0. The van der Waals surface area contributed by atoms with E-state index in [0.717, 1.165) is 97.1 Å². The van der Waals surface area contributed by atoms with Gasteiger partial charge in [0.15, 0.2) is 0 Å². The molecule has 6 aromatic rings. The minimum absolute atomic E-state index is 0.0907. The monoisotopic (exact) mass is 1080 g/mol. The highest BCUT2D eigenvalue weighted by atomic mass is 32.2. The molecular weight excluding hydrogens is 1050 g/mol. The summed E-state index contributed by atoms with van der Waals surface area (Å²) in [6, 6.07) is 21.2. The molecule has 0 aromatic heterocycles. The average Bonchev–Trinajstić information content (AvgIpc) is 3.27. The standard InChI is InChI=1S/C38H28N8O18S6/c47-65(48,49)31-13-7-25(8-14-31)39-41-29-11-17-33(37(21-29)69(59,60)61)45-43-27-5-3-23(35(19-27)67(53,54)55)1-2-24-4-6-28(20-36(24)68(56,57)58)44-46-34-18-12-30(22-38(34)70(62,63)64)42-40-26-9-15-32(16-10-26)66(50,51)52/h1-22H,(H,47,48,49)(H,50,51,52)(H,53,54,55)(H,56,57,58)(H,59,60,61)(H,62,63,64)/b2-1?,41-39-,42-40?,45-43?,46-44?. The summed E-state index contributed by atoms with van der Waals surface area (Å²) in [5.74, 6) is 0. The van der Waals surface area contributed by atoms with Crippen LogP contribution < -0.4 is 0 Å². The number of benzene rings is 6. The molecular formula is C38H28N8O18S6. The van der Waals surface area contributed by atoms with E-state index in [1.165, 1.54) is 36.4 Å². The number of nitrogens with zero attached hydrogens (tertiary/aromatic N) is 8. The van der Waals surface area contributed by atoms with E-state index in [1.807, 2.05) is 0 Å². The Morgan fingerprint density at radius 1 is 0.271 bits per heavy atom. The van der Waals surface area contributed by atoms with Gasteiger partial charge in [-0.25, -0.2) is 0 Å². The van der Waals surface area contributed by atoms with E-state index in [1.54, 1.807) is 0 Å². The first-order valence-electron chi connectivity index (χ1n) is 18.4. The van der Waals surface area contributed by atoms with Gasteiger partial charge < -0.3 is 0 Å². The van der Waals surface area contributed by atoms with Crippen molar-refractivity contribution in [3.05, 3.63) is 132 Å². The van der Waals surface area contributed by atoms with Crippen LogP contribution in [0.5, 0.6) is 0 Å². The molecule has 0 fully saturated rings. The molecule has 0 aliphatic heterocycles. The molecule has 0 saturated carbocycles. The van der Waals surface area contributed by atoms with E-state index in [-0.39, 0.29) is 45.3 Å². The van der Waals surface area contributed by atoms with E-state index < -0.39 is 101 Å². The highest BCUT2D eigenvalue weighted by Crippen LogP contribution is 2.35. The van der Waals surface area contributed by atoms with E-state index in [9.17, 15) is 68.7 Å². The van der Waals surface area contributed by atoms with Gasteiger partial charge in [0, 0.05) is 0 Å². The molecule has 0 amide bonds. The van der Waals surface area contributed by atoms with Crippen LogP contribution in [0.1, 0.15) is 11.1 Å². The number of hydrogen-bond acceptors (Lipinski definition) is 20. The zero-order valence-corrected chi connectivity index (χ0v) is 39.2. The van der Waals surface area contributed by atoms with Crippen LogP contribution in [0.2, 0.25) is 0 Å². The summed E-state index contributed by atoms with van der Waals surface area (Å²) in [5.41, 5.74) is -2.18. The van der Waals surface area contributed by atoms with Gasteiger partial charge in [-0.05, 0) is 120 Å². The number of azo groups is 4. The summed E-state index contributed by atoms with van der Waals surface area (Å²) in [5, 5.41) is 30.4. The highest BCUT2D eigenvalue weighted by Gasteiger charge is 2.21. The quantitative estimate of drug-likeness (QED) is 0.0299. The molecule has 0 aliphatic rings. The van der Waals surface area contributed by atoms with Gasteiger partial charge in [0.1, 0.15) is 31.0 Å². The Balaban J connectivity index is 1.24. The Kier molecular flexibility index (Phi) is 15.0. The van der Waals surface area contributed by atoms with Crippen molar-refractivity contribution in [2.75, 3.05) is 0 Å². The molecule has 0 saturated heterocycles. The maximum Gasteiger partial charge on any atom is 0.296 e. The lowest BCUT2D eigenvalue weighted by Crippen LogP contribution is -2.01. The van der Waals surface area contributed by atoms with Gasteiger partial charge in [-0.3, -0.25) is 27.3 Å². The number of rotatable bonds is 16. The predicted molar refractivity (Wildman–Crippen MR) is 243 cm³/mol. The predicted octanol–water partition coefficient (Wildman–Crippen LogP) is 9.00. The third-order valence-electron chi connectivity index (χ3n) is 8.81. The largest absolute Gasteiger partial charge is 0.296 e. The fraction of sp³-hybridized carbons (Fsp3) is 0. The van der Waals surface area contributed by atoms with Crippen molar-refractivity contribution in [3.63, 3.8) is 0 Å². The van der Waals surface area contributed by atoms with Crippen LogP contribution in [0.25, 0.3) is 12.2 Å². The Bertz CT molecular complexity index is 3670. The van der Waals surface area contributed by atoms with Gasteiger partial charge in [-0.15, -0.1) is 10.2 Å². The van der Waals surface area contributed by atoms with Crippen molar-refractivity contribution in [2.45, 2.75) is 29.4 Å². The van der Waals surface area contributed by atoms with Crippen molar-refractivity contribution in [1.29, 1.82) is 0 Å². The first kappa shape index (κ1) is 52.3. The summed E-state index contributed by atoms with van der Waals surface area (Å²) >= 11 is 0. The van der Waals surface area contributed by atoms with Gasteiger partial charge in [-0.1, -0.05) is 24.3 Å². The van der Waals surface area contributed by atoms with Gasteiger partial charge in [0.25, 0.3) is 60.7 Å². The fourth-order valence-corrected chi connectivity index (χ4v) is 9.26. The van der Waals surface area contributed by atoms with Crippen molar-refractivity contribution in [2.24, 2.45) is 40.9 Å². The van der Waals surface area contributed by atoms with Crippen LogP contribution in [0, 0.1) is 0 Å². The Hall–Kier alpha value is -7.08. The van der Waals surface area contributed by atoms with Gasteiger partial charge >= 0.3 is 0 Å². The summed E-state index contributed by atoms with van der Waals surface area (Å²) in [7, 11) is -29.2. The molecule has 364 valence electrons. The van der Waals surface area contributed by atoms with E-state index in [2.05, 4.69) is 40.9 Å². The summed E-state index contributed by atoms with van der Waals surface area (Å²) in [4.78, 5) is -4.12. The fourth-order valence-electron chi connectivity index (χ4n) is 5.60. The normalized spacial score (nSPS) is 13.4. The lowest BCUT2D eigenvalue weighted by molar-refractivity contribution is 0.480. The molecule has 70 heavy (non-hydrogen) atoms. The molecule has 0 spiro atoms. The lowest BCUT2D eigenvalue weighted by atomic mass is 10.1. The molecule has 32 heteroatoms. The molecule has 6 aromatic carbocycles. The van der Waals surface area contributed by atoms with Crippen LogP contribution >= 0.6 is 0 Å². The Morgan fingerprint density at radius 3 is 0.800 bits per heavy atom. The topological polar surface area (TPSA) is 425 Å². The van der Waals surface area contributed by atoms with Crippen molar-refractivity contribution in [3.8, 4) is 0 Å². The molecule has 6 N–H and O–H groups in total. The second kappa shape index (κ2) is 20.1. The molecule has 0 radical (unpaired) electrons. The smallest absolute Gasteiger partial charge is 0.282 e. The SMILES string of the molecule is O=S(=O)(O)c1ccc(N=Nc2ccc(N=Nc3ccc(C=Cc4ccc(N=Nc5ccc(/N=N\c6ccc(S(=O)(=O)O)cc6)cc5S(=O)(=O)O)cc4S(=O)(=O)O)c(S(=O)(=O)O)c3)c(S(=O)(=O)O)c2)cc1. The maximum atomic E-state index is 12.5. The molecule has 0 heterocycles. The van der Waals surface area contributed by atoms with Gasteiger partial charge in [0.05, 0.1) is 43.9 Å². The first-order chi connectivity index (χ1) is 32.4. The summed E-state index contributed by atoms with van der Waals surface area (Å²) < 4.78 is 202. The Morgan fingerprint density at radius 2 is 0.514 bits per heavy atom. The van der Waals surface area contributed by atoms with Gasteiger partial charge in [0.2, 0.25) is 0 Å². The molecule has 0 bridgehead atoms. The highest BCUT2D eigenvalue weighted by molar-refractivity contribution is 7.87. The third kappa shape index (κ3) is 13.8. The van der Waals surface area contributed by atoms with Crippen LogP contribution in [0.3, 0.4) is 0 Å².